The average molecular weight is 268 g/mol. The highest BCUT2D eigenvalue weighted by atomic mass is 16.5. The first-order valence-electron chi connectivity index (χ1n) is 7.52. The molecule has 0 bridgehead atoms. The Labute approximate surface area is 116 Å². The Hall–Kier alpha value is -0.810. The summed E-state index contributed by atoms with van der Waals surface area (Å²) in [6.45, 7) is 9.04. The highest BCUT2D eigenvalue weighted by Crippen LogP contribution is 2.40. The normalized spacial score (nSPS) is 23.9. The summed E-state index contributed by atoms with van der Waals surface area (Å²) in [5.74, 6) is 0.607. The van der Waals surface area contributed by atoms with Crippen LogP contribution in [-0.4, -0.2) is 56.8 Å². The molecule has 1 heterocycles. The molecule has 3 N–H and O–H groups in total. The van der Waals surface area contributed by atoms with Gasteiger partial charge in [-0.2, -0.15) is 0 Å². The summed E-state index contributed by atoms with van der Waals surface area (Å²) in [7, 11) is 0. The standard InChI is InChI=1S/C14H28N4O/c1-14(4-2-5-14)12-17-13(15)16-6-3-7-18-8-10-19-11-9-18/h2-12H2,1H3,(H3,15,16,17). The van der Waals surface area contributed by atoms with Crippen LogP contribution in [0.1, 0.15) is 32.6 Å². The van der Waals surface area contributed by atoms with Crippen molar-refractivity contribution in [1.29, 1.82) is 0 Å². The fraction of sp³-hybridized carbons (Fsp3) is 0.929. The molecule has 2 fully saturated rings. The molecule has 2 aliphatic rings. The minimum atomic E-state index is 0.417. The van der Waals surface area contributed by atoms with Gasteiger partial charge in [0.15, 0.2) is 5.96 Å². The van der Waals surface area contributed by atoms with Crippen molar-refractivity contribution < 1.29 is 4.74 Å². The number of rotatable bonds is 6. The van der Waals surface area contributed by atoms with E-state index in [1.54, 1.807) is 0 Å². The fourth-order valence-corrected chi connectivity index (χ4v) is 2.61. The SMILES string of the molecule is CC1(CN=C(N)NCCCN2CCOCC2)CCC1. The molecule has 5 heteroatoms. The van der Waals surface area contributed by atoms with Crippen molar-refractivity contribution in [3.8, 4) is 0 Å². The van der Waals surface area contributed by atoms with Crippen LogP contribution in [0.5, 0.6) is 0 Å². The second-order valence-electron chi connectivity index (χ2n) is 6.10. The van der Waals surface area contributed by atoms with Crippen LogP contribution >= 0.6 is 0 Å². The quantitative estimate of drug-likeness (QED) is 0.425. The zero-order chi connectivity index (χ0) is 13.6. The molecule has 0 spiro atoms. The van der Waals surface area contributed by atoms with Crippen LogP contribution in [0.3, 0.4) is 0 Å². The Morgan fingerprint density at radius 1 is 1.37 bits per heavy atom. The number of guanidine groups is 1. The number of nitrogens with two attached hydrogens (primary N) is 1. The number of ether oxygens (including phenoxy) is 1. The second-order valence-corrected chi connectivity index (χ2v) is 6.10. The van der Waals surface area contributed by atoms with Crippen LogP contribution in [0, 0.1) is 5.41 Å². The van der Waals surface area contributed by atoms with E-state index in [1.807, 2.05) is 0 Å². The Balaban J connectivity index is 1.53. The monoisotopic (exact) mass is 268 g/mol. The third kappa shape index (κ3) is 4.99. The minimum absolute atomic E-state index is 0.417. The van der Waals surface area contributed by atoms with Crippen LogP contribution in [0.2, 0.25) is 0 Å². The predicted molar refractivity (Wildman–Crippen MR) is 78.3 cm³/mol. The molecule has 2 rings (SSSR count). The lowest BCUT2D eigenvalue weighted by Gasteiger charge is -2.36. The molecule has 0 unspecified atom stereocenters. The molecular formula is C14H28N4O. The van der Waals surface area contributed by atoms with Crippen molar-refractivity contribution in [2.24, 2.45) is 16.1 Å². The maximum Gasteiger partial charge on any atom is 0.188 e. The molecule has 1 aliphatic carbocycles. The average Bonchev–Trinajstić information content (AvgIpc) is 2.40. The lowest BCUT2D eigenvalue weighted by molar-refractivity contribution is 0.0376. The highest BCUT2D eigenvalue weighted by molar-refractivity contribution is 5.77. The fourth-order valence-electron chi connectivity index (χ4n) is 2.61. The van der Waals surface area contributed by atoms with Gasteiger partial charge < -0.3 is 15.8 Å². The number of nitrogens with one attached hydrogen (secondary N) is 1. The van der Waals surface area contributed by atoms with E-state index in [4.69, 9.17) is 10.5 Å². The van der Waals surface area contributed by atoms with Crippen molar-refractivity contribution >= 4 is 5.96 Å². The Morgan fingerprint density at radius 2 is 2.11 bits per heavy atom. The van der Waals surface area contributed by atoms with Crippen molar-refractivity contribution in [3.63, 3.8) is 0 Å². The number of hydrogen-bond donors (Lipinski definition) is 2. The van der Waals surface area contributed by atoms with Gasteiger partial charge in [0, 0.05) is 26.2 Å². The Kier molecular flexibility index (Phi) is 5.45. The minimum Gasteiger partial charge on any atom is -0.379 e. The molecule has 0 radical (unpaired) electrons. The Morgan fingerprint density at radius 3 is 2.74 bits per heavy atom. The first kappa shape index (κ1) is 14.6. The molecule has 1 aliphatic heterocycles. The summed E-state index contributed by atoms with van der Waals surface area (Å²) in [6.07, 6.45) is 5.04. The van der Waals surface area contributed by atoms with E-state index in [1.165, 1.54) is 19.3 Å². The topological polar surface area (TPSA) is 62.9 Å². The number of morpholine rings is 1. The first-order chi connectivity index (χ1) is 9.18. The summed E-state index contributed by atoms with van der Waals surface area (Å²) in [5, 5.41) is 3.21. The van der Waals surface area contributed by atoms with Gasteiger partial charge in [0.25, 0.3) is 0 Å². The lowest BCUT2D eigenvalue weighted by Crippen LogP contribution is -2.39. The maximum absolute atomic E-state index is 5.88. The summed E-state index contributed by atoms with van der Waals surface area (Å²) in [5.41, 5.74) is 6.30. The van der Waals surface area contributed by atoms with E-state index >= 15 is 0 Å². The molecule has 19 heavy (non-hydrogen) atoms. The van der Waals surface area contributed by atoms with Gasteiger partial charge in [0.05, 0.1) is 13.2 Å². The molecule has 1 saturated carbocycles. The first-order valence-corrected chi connectivity index (χ1v) is 7.52. The summed E-state index contributed by atoms with van der Waals surface area (Å²) in [6, 6.07) is 0. The highest BCUT2D eigenvalue weighted by Gasteiger charge is 2.31. The second kappa shape index (κ2) is 7.10. The molecule has 1 saturated heterocycles. The van der Waals surface area contributed by atoms with E-state index < -0.39 is 0 Å². The van der Waals surface area contributed by atoms with Gasteiger partial charge in [-0.3, -0.25) is 9.89 Å². The number of nitrogens with zero attached hydrogens (tertiary/aromatic N) is 2. The van der Waals surface area contributed by atoms with Gasteiger partial charge in [0.1, 0.15) is 0 Å². The van der Waals surface area contributed by atoms with Gasteiger partial charge in [-0.05, 0) is 31.2 Å². The van der Waals surface area contributed by atoms with Crippen molar-refractivity contribution in [2.75, 3.05) is 45.9 Å². The molecule has 0 atom stereocenters. The number of aliphatic imine (C=N–C) groups is 1. The van der Waals surface area contributed by atoms with Crippen LogP contribution in [-0.2, 0) is 4.74 Å². The van der Waals surface area contributed by atoms with E-state index in [9.17, 15) is 0 Å². The zero-order valence-corrected chi connectivity index (χ0v) is 12.2. The van der Waals surface area contributed by atoms with Crippen LogP contribution < -0.4 is 11.1 Å². The number of hydrogen-bond acceptors (Lipinski definition) is 3. The van der Waals surface area contributed by atoms with Crippen LogP contribution in [0.4, 0.5) is 0 Å². The molecule has 0 aromatic heterocycles. The molecular weight excluding hydrogens is 240 g/mol. The van der Waals surface area contributed by atoms with Crippen LogP contribution in [0.15, 0.2) is 4.99 Å². The zero-order valence-electron chi connectivity index (χ0n) is 12.2. The van der Waals surface area contributed by atoms with E-state index in [0.717, 1.165) is 52.4 Å². The molecule has 0 aromatic rings. The Bertz CT molecular complexity index is 296. The summed E-state index contributed by atoms with van der Waals surface area (Å²) < 4.78 is 5.33. The predicted octanol–water partition coefficient (Wildman–Crippen LogP) is 0.803. The van der Waals surface area contributed by atoms with Gasteiger partial charge in [-0.1, -0.05) is 13.3 Å². The van der Waals surface area contributed by atoms with E-state index in [0.29, 0.717) is 11.4 Å². The van der Waals surface area contributed by atoms with Gasteiger partial charge in [-0.25, -0.2) is 0 Å². The molecule has 0 aromatic carbocycles. The largest absolute Gasteiger partial charge is 0.379 e. The van der Waals surface area contributed by atoms with E-state index in [-0.39, 0.29) is 0 Å². The summed E-state index contributed by atoms with van der Waals surface area (Å²) in [4.78, 5) is 6.89. The van der Waals surface area contributed by atoms with Crippen molar-refractivity contribution in [1.82, 2.24) is 10.2 Å². The van der Waals surface area contributed by atoms with Crippen molar-refractivity contribution in [2.45, 2.75) is 32.6 Å². The lowest BCUT2D eigenvalue weighted by atomic mass is 9.71. The van der Waals surface area contributed by atoms with Crippen molar-refractivity contribution in [3.05, 3.63) is 0 Å². The molecule has 110 valence electrons. The maximum atomic E-state index is 5.88. The van der Waals surface area contributed by atoms with E-state index in [2.05, 4.69) is 22.1 Å². The third-order valence-corrected chi connectivity index (χ3v) is 4.25. The smallest absolute Gasteiger partial charge is 0.188 e. The molecule has 5 nitrogen and oxygen atoms in total. The van der Waals surface area contributed by atoms with Gasteiger partial charge in [0.2, 0.25) is 0 Å². The van der Waals surface area contributed by atoms with Gasteiger partial charge in [-0.15, -0.1) is 0 Å². The third-order valence-electron chi connectivity index (χ3n) is 4.25. The molecule has 0 amide bonds. The summed E-state index contributed by atoms with van der Waals surface area (Å²) >= 11 is 0. The van der Waals surface area contributed by atoms with Crippen LogP contribution in [0.25, 0.3) is 0 Å². The van der Waals surface area contributed by atoms with Gasteiger partial charge >= 0.3 is 0 Å².